The van der Waals surface area contributed by atoms with Crippen LogP contribution in [-0.4, -0.2) is 15.7 Å². The van der Waals surface area contributed by atoms with Gasteiger partial charge in [-0.3, -0.25) is 9.48 Å². The van der Waals surface area contributed by atoms with E-state index in [0.29, 0.717) is 10.3 Å². The van der Waals surface area contributed by atoms with Crippen LogP contribution < -0.4 is 5.32 Å². The highest BCUT2D eigenvalue weighted by atomic mass is 79.9. The lowest BCUT2D eigenvalue weighted by molar-refractivity contribution is 0.102. The highest BCUT2D eigenvalue weighted by Gasteiger charge is 2.16. The van der Waals surface area contributed by atoms with Gasteiger partial charge < -0.3 is 5.32 Å². The van der Waals surface area contributed by atoms with Crippen molar-refractivity contribution < 1.29 is 9.18 Å². The molecule has 0 aliphatic rings. The molecule has 1 N–H and O–H groups in total. The SMILES string of the molecule is Cn1nccc1NC(=O)c1c(F)cccc1Br. The number of aryl methyl sites for hydroxylation is 1. The maximum absolute atomic E-state index is 13.5. The van der Waals surface area contributed by atoms with Crippen molar-refractivity contribution in [1.29, 1.82) is 0 Å². The zero-order chi connectivity index (χ0) is 12.4. The third kappa shape index (κ3) is 2.36. The van der Waals surface area contributed by atoms with Crippen LogP contribution in [0.3, 0.4) is 0 Å². The molecule has 2 aromatic rings. The van der Waals surface area contributed by atoms with Crippen LogP contribution in [-0.2, 0) is 7.05 Å². The van der Waals surface area contributed by atoms with Crippen LogP contribution in [0.15, 0.2) is 34.9 Å². The fraction of sp³-hybridized carbons (Fsp3) is 0.0909. The van der Waals surface area contributed by atoms with Gasteiger partial charge in [-0.15, -0.1) is 0 Å². The first-order valence-electron chi connectivity index (χ1n) is 4.83. The molecule has 0 atom stereocenters. The molecule has 6 heteroatoms. The molecule has 0 saturated carbocycles. The molecule has 0 aliphatic carbocycles. The smallest absolute Gasteiger partial charge is 0.260 e. The van der Waals surface area contributed by atoms with E-state index in [4.69, 9.17) is 0 Å². The lowest BCUT2D eigenvalue weighted by Crippen LogP contribution is -2.16. The van der Waals surface area contributed by atoms with Crippen LogP contribution in [0.1, 0.15) is 10.4 Å². The summed E-state index contributed by atoms with van der Waals surface area (Å²) in [5.41, 5.74) is -0.0197. The standard InChI is InChI=1S/C11H9BrFN3O/c1-16-9(5-6-14-16)15-11(17)10-7(12)3-2-4-8(10)13/h2-6H,1H3,(H,15,17). The normalized spacial score (nSPS) is 10.3. The maximum atomic E-state index is 13.5. The predicted molar refractivity (Wildman–Crippen MR) is 65.3 cm³/mol. The molecule has 1 amide bonds. The zero-order valence-electron chi connectivity index (χ0n) is 8.95. The summed E-state index contributed by atoms with van der Waals surface area (Å²) in [6.07, 6.45) is 1.55. The van der Waals surface area contributed by atoms with Gasteiger partial charge in [0.25, 0.3) is 5.91 Å². The first-order chi connectivity index (χ1) is 8.09. The number of rotatable bonds is 2. The number of nitrogens with one attached hydrogen (secondary N) is 1. The minimum Gasteiger partial charge on any atom is -0.307 e. The van der Waals surface area contributed by atoms with Gasteiger partial charge in [-0.05, 0) is 28.1 Å². The zero-order valence-corrected chi connectivity index (χ0v) is 10.5. The molecule has 0 fully saturated rings. The van der Waals surface area contributed by atoms with E-state index in [1.807, 2.05) is 0 Å². The van der Waals surface area contributed by atoms with Crippen molar-refractivity contribution in [2.45, 2.75) is 0 Å². The van der Waals surface area contributed by atoms with Crippen molar-refractivity contribution in [3.63, 3.8) is 0 Å². The topological polar surface area (TPSA) is 46.9 Å². The number of halogens is 2. The fourth-order valence-electron chi connectivity index (χ4n) is 1.39. The van der Waals surface area contributed by atoms with E-state index in [1.165, 1.54) is 16.8 Å². The van der Waals surface area contributed by atoms with Crippen molar-refractivity contribution in [3.8, 4) is 0 Å². The molecule has 0 unspecified atom stereocenters. The van der Waals surface area contributed by atoms with Gasteiger partial charge in [0.1, 0.15) is 11.6 Å². The first-order valence-corrected chi connectivity index (χ1v) is 5.62. The quantitative estimate of drug-likeness (QED) is 0.926. The van der Waals surface area contributed by atoms with Gasteiger partial charge in [-0.1, -0.05) is 6.07 Å². The van der Waals surface area contributed by atoms with Crippen LogP contribution in [0, 0.1) is 5.82 Å². The van der Waals surface area contributed by atoms with Crippen molar-refractivity contribution in [2.75, 3.05) is 5.32 Å². The van der Waals surface area contributed by atoms with E-state index in [-0.39, 0.29) is 5.56 Å². The van der Waals surface area contributed by atoms with Crippen LogP contribution in [0.5, 0.6) is 0 Å². The Kier molecular flexibility index (Phi) is 3.23. The first kappa shape index (κ1) is 11.8. The monoisotopic (exact) mass is 297 g/mol. The van der Waals surface area contributed by atoms with E-state index in [9.17, 15) is 9.18 Å². The molecule has 0 radical (unpaired) electrons. The average Bonchev–Trinajstić information content (AvgIpc) is 2.64. The Morgan fingerprint density at radius 2 is 2.24 bits per heavy atom. The molecule has 0 spiro atoms. The van der Waals surface area contributed by atoms with E-state index >= 15 is 0 Å². The predicted octanol–water partition coefficient (Wildman–Crippen LogP) is 2.57. The number of aromatic nitrogens is 2. The number of amides is 1. The Hall–Kier alpha value is -1.69. The van der Waals surface area contributed by atoms with Crippen LogP contribution in [0.25, 0.3) is 0 Å². The van der Waals surface area contributed by atoms with Crippen molar-refractivity contribution >= 4 is 27.7 Å². The largest absolute Gasteiger partial charge is 0.307 e. The molecule has 1 heterocycles. The third-order valence-corrected chi connectivity index (χ3v) is 2.91. The summed E-state index contributed by atoms with van der Waals surface area (Å²) >= 11 is 3.15. The van der Waals surface area contributed by atoms with Gasteiger partial charge in [0, 0.05) is 17.6 Å². The number of benzene rings is 1. The van der Waals surface area contributed by atoms with Crippen LogP contribution in [0.2, 0.25) is 0 Å². The second kappa shape index (κ2) is 4.67. The van der Waals surface area contributed by atoms with Crippen LogP contribution >= 0.6 is 15.9 Å². The second-order valence-electron chi connectivity index (χ2n) is 3.39. The molecule has 0 bridgehead atoms. The van der Waals surface area contributed by atoms with Crippen molar-refractivity contribution in [1.82, 2.24) is 9.78 Å². The minimum atomic E-state index is -0.570. The van der Waals surface area contributed by atoms with Gasteiger partial charge in [-0.25, -0.2) is 4.39 Å². The summed E-state index contributed by atoms with van der Waals surface area (Å²) in [6, 6.07) is 6.01. The van der Waals surface area contributed by atoms with Crippen LogP contribution in [0.4, 0.5) is 10.2 Å². The summed E-state index contributed by atoms with van der Waals surface area (Å²) in [5.74, 6) is -0.581. The highest BCUT2D eigenvalue weighted by molar-refractivity contribution is 9.10. The summed E-state index contributed by atoms with van der Waals surface area (Å²) in [7, 11) is 1.69. The summed E-state index contributed by atoms with van der Waals surface area (Å²) in [5, 5.41) is 6.48. The van der Waals surface area contributed by atoms with Crippen molar-refractivity contribution in [3.05, 3.63) is 46.3 Å². The minimum absolute atomic E-state index is 0.0197. The molecule has 1 aromatic heterocycles. The Morgan fingerprint density at radius 3 is 2.82 bits per heavy atom. The Balaban J connectivity index is 2.30. The summed E-state index contributed by atoms with van der Waals surface area (Å²) in [6.45, 7) is 0. The van der Waals surface area contributed by atoms with E-state index in [2.05, 4.69) is 26.3 Å². The van der Waals surface area contributed by atoms with Gasteiger partial charge in [-0.2, -0.15) is 5.10 Å². The van der Waals surface area contributed by atoms with E-state index < -0.39 is 11.7 Å². The summed E-state index contributed by atoms with van der Waals surface area (Å²) < 4.78 is 15.4. The van der Waals surface area contributed by atoms with Gasteiger partial charge in [0.05, 0.1) is 11.8 Å². The number of carbonyl (C=O) groups excluding carboxylic acids is 1. The lowest BCUT2D eigenvalue weighted by atomic mass is 10.2. The number of nitrogens with zero attached hydrogens (tertiary/aromatic N) is 2. The second-order valence-corrected chi connectivity index (χ2v) is 4.25. The van der Waals surface area contributed by atoms with Crippen molar-refractivity contribution in [2.24, 2.45) is 7.05 Å². The molecular formula is C11H9BrFN3O. The Bertz CT molecular complexity index is 547. The number of hydrogen-bond acceptors (Lipinski definition) is 2. The molecule has 0 saturated heterocycles. The fourth-order valence-corrected chi connectivity index (χ4v) is 1.91. The highest BCUT2D eigenvalue weighted by Crippen LogP contribution is 2.20. The average molecular weight is 298 g/mol. The molecule has 2 rings (SSSR count). The summed E-state index contributed by atoms with van der Waals surface area (Å²) in [4.78, 5) is 11.9. The molecule has 88 valence electrons. The van der Waals surface area contributed by atoms with Gasteiger partial charge >= 0.3 is 0 Å². The third-order valence-electron chi connectivity index (χ3n) is 2.25. The lowest BCUT2D eigenvalue weighted by Gasteiger charge is -2.07. The molecule has 4 nitrogen and oxygen atoms in total. The van der Waals surface area contributed by atoms with Gasteiger partial charge in [0.2, 0.25) is 0 Å². The van der Waals surface area contributed by atoms with Gasteiger partial charge in [0.15, 0.2) is 0 Å². The molecule has 0 aliphatic heterocycles. The maximum Gasteiger partial charge on any atom is 0.260 e. The molecule has 17 heavy (non-hydrogen) atoms. The molecule has 1 aromatic carbocycles. The van der Waals surface area contributed by atoms with E-state index in [1.54, 1.807) is 25.4 Å². The Labute approximate surface area is 106 Å². The Morgan fingerprint density at radius 1 is 1.47 bits per heavy atom. The number of hydrogen-bond donors (Lipinski definition) is 1. The number of anilines is 1. The number of carbonyl (C=O) groups is 1. The van der Waals surface area contributed by atoms with E-state index in [0.717, 1.165) is 0 Å². The molecular weight excluding hydrogens is 289 g/mol.